The van der Waals surface area contributed by atoms with Gasteiger partial charge in [-0.2, -0.15) is 0 Å². The molecule has 140 valence electrons. The van der Waals surface area contributed by atoms with Crippen LogP contribution in [0.5, 0.6) is 0 Å². The largest absolute Gasteiger partial charge is 0.256 e. The monoisotopic (exact) mass is 365 g/mol. The van der Waals surface area contributed by atoms with Gasteiger partial charge in [0.15, 0.2) is 0 Å². The van der Waals surface area contributed by atoms with Gasteiger partial charge in [-0.15, -0.1) is 0 Å². The first-order valence-corrected chi connectivity index (χ1v) is 10.9. The molecule has 4 aliphatic rings. The second-order valence-electron chi connectivity index (χ2n) is 9.57. The number of nitrogens with zero attached hydrogens (tertiary/aromatic N) is 1. The Labute approximate surface area is 167 Å². The Bertz CT molecular complexity index is 1000. The average Bonchev–Trinajstić information content (AvgIpc) is 2.71. The molecule has 0 heterocycles. The molecule has 3 aromatic rings. The van der Waals surface area contributed by atoms with E-state index < -0.39 is 0 Å². The molecule has 0 radical (unpaired) electrons. The lowest BCUT2D eigenvalue weighted by molar-refractivity contribution is -0.00518. The summed E-state index contributed by atoms with van der Waals surface area (Å²) in [6, 6.07) is 24.2. The number of benzene rings is 3. The summed E-state index contributed by atoms with van der Waals surface area (Å²) in [5, 5.41) is 2.53. The fraction of sp³-hybridized carbons (Fsp3) is 0.370. The summed E-state index contributed by atoms with van der Waals surface area (Å²) in [4.78, 5) is 4.79. The lowest BCUT2D eigenvalue weighted by Gasteiger charge is -2.57. The summed E-state index contributed by atoms with van der Waals surface area (Å²) in [7, 11) is 0. The molecule has 0 atom stereocenters. The molecule has 0 spiro atoms. The average molecular weight is 366 g/mol. The van der Waals surface area contributed by atoms with Gasteiger partial charge in [-0.1, -0.05) is 54.6 Å². The molecule has 0 N–H and O–H groups in total. The van der Waals surface area contributed by atoms with Crippen LogP contribution in [-0.4, -0.2) is 6.21 Å². The summed E-state index contributed by atoms with van der Waals surface area (Å²) in [6.45, 7) is 0. The highest BCUT2D eigenvalue weighted by molar-refractivity contribution is 6.00. The van der Waals surface area contributed by atoms with Crippen molar-refractivity contribution in [2.45, 2.75) is 43.9 Å². The van der Waals surface area contributed by atoms with Gasteiger partial charge in [-0.3, -0.25) is 4.99 Å². The van der Waals surface area contributed by atoms with E-state index in [1.54, 1.807) is 5.56 Å². The van der Waals surface area contributed by atoms with Gasteiger partial charge in [0, 0.05) is 11.8 Å². The molecule has 0 aliphatic heterocycles. The molecule has 7 rings (SSSR count). The van der Waals surface area contributed by atoms with Crippen LogP contribution in [0.4, 0.5) is 5.69 Å². The maximum Gasteiger partial charge on any atom is 0.0630 e. The van der Waals surface area contributed by atoms with E-state index >= 15 is 0 Å². The Hall–Kier alpha value is -2.41. The zero-order chi connectivity index (χ0) is 18.6. The van der Waals surface area contributed by atoms with Gasteiger partial charge in [0.05, 0.1) is 5.69 Å². The summed E-state index contributed by atoms with van der Waals surface area (Å²) in [5.74, 6) is 2.99. The van der Waals surface area contributed by atoms with Crippen molar-refractivity contribution in [3.8, 4) is 0 Å². The molecule has 0 unspecified atom stereocenters. The van der Waals surface area contributed by atoms with Crippen LogP contribution in [0, 0.1) is 17.8 Å². The number of rotatable bonds is 3. The van der Waals surface area contributed by atoms with Crippen molar-refractivity contribution in [1.82, 2.24) is 0 Å². The molecule has 0 amide bonds. The first-order chi connectivity index (χ1) is 13.8. The molecule has 0 saturated heterocycles. The van der Waals surface area contributed by atoms with Gasteiger partial charge in [-0.05, 0) is 90.2 Å². The van der Waals surface area contributed by atoms with E-state index in [2.05, 4.69) is 66.7 Å². The molecule has 1 nitrogen and oxygen atoms in total. The van der Waals surface area contributed by atoms with E-state index in [0.717, 1.165) is 23.4 Å². The maximum absolute atomic E-state index is 4.79. The third kappa shape index (κ3) is 2.71. The highest BCUT2D eigenvalue weighted by Gasteiger charge is 2.51. The van der Waals surface area contributed by atoms with E-state index in [4.69, 9.17) is 4.99 Å². The molecule has 4 aliphatic carbocycles. The second kappa shape index (κ2) is 6.30. The SMILES string of the molecule is C(=Nc1ccc(C23CC4CC(CC(C4)C2)C3)cc1)c1cccc2ccccc12. The van der Waals surface area contributed by atoms with Crippen LogP contribution in [0.2, 0.25) is 0 Å². The standard InChI is InChI=1S/C27H27N/c1-2-7-26-22(4-1)5-3-6-23(26)18-28-25-10-8-24(9-11-25)27-15-19-12-20(16-27)14-21(13-19)17-27/h1-11,18-21H,12-17H2. The minimum Gasteiger partial charge on any atom is -0.256 e. The van der Waals surface area contributed by atoms with Crippen LogP contribution >= 0.6 is 0 Å². The number of hydrogen-bond acceptors (Lipinski definition) is 1. The minimum absolute atomic E-state index is 0.479. The Morgan fingerprint density at radius 1 is 0.714 bits per heavy atom. The van der Waals surface area contributed by atoms with Crippen molar-refractivity contribution in [3.05, 3.63) is 77.9 Å². The van der Waals surface area contributed by atoms with Gasteiger partial charge >= 0.3 is 0 Å². The molecule has 3 aromatic carbocycles. The van der Waals surface area contributed by atoms with E-state index in [9.17, 15) is 0 Å². The van der Waals surface area contributed by atoms with Crippen molar-refractivity contribution >= 4 is 22.7 Å². The van der Waals surface area contributed by atoms with Crippen molar-refractivity contribution in [2.24, 2.45) is 22.7 Å². The van der Waals surface area contributed by atoms with E-state index in [-0.39, 0.29) is 0 Å². The summed E-state index contributed by atoms with van der Waals surface area (Å²) in [6.07, 6.45) is 10.8. The predicted molar refractivity (Wildman–Crippen MR) is 117 cm³/mol. The molecule has 28 heavy (non-hydrogen) atoms. The van der Waals surface area contributed by atoms with Gasteiger partial charge in [-0.25, -0.2) is 0 Å². The first kappa shape index (κ1) is 16.5. The predicted octanol–water partition coefficient (Wildman–Crippen LogP) is 7.06. The third-order valence-electron chi connectivity index (χ3n) is 7.69. The fourth-order valence-electron chi connectivity index (χ4n) is 6.87. The Balaban J connectivity index is 1.27. The first-order valence-electron chi connectivity index (χ1n) is 10.9. The van der Waals surface area contributed by atoms with Gasteiger partial charge in [0.2, 0.25) is 0 Å². The fourth-order valence-corrected chi connectivity index (χ4v) is 6.87. The van der Waals surface area contributed by atoms with E-state index in [0.29, 0.717) is 5.41 Å². The summed E-state index contributed by atoms with van der Waals surface area (Å²) >= 11 is 0. The molecule has 4 bridgehead atoms. The highest BCUT2D eigenvalue weighted by Crippen LogP contribution is 2.60. The van der Waals surface area contributed by atoms with Crippen molar-refractivity contribution in [2.75, 3.05) is 0 Å². The van der Waals surface area contributed by atoms with Crippen LogP contribution in [0.3, 0.4) is 0 Å². The zero-order valence-corrected chi connectivity index (χ0v) is 16.4. The maximum atomic E-state index is 4.79. The molecule has 4 fully saturated rings. The lowest BCUT2D eigenvalue weighted by Crippen LogP contribution is -2.48. The number of fused-ring (bicyclic) bond motifs is 1. The Kier molecular flexibility index (Phi) is 3.72. The zero-order valence-electron chi connectivity index (χ0n) is 16.4. The summed E-state index contributed by atoms with van der Waals surface area (Å²) in [5.41, 5.74) is 4.30. The van der Waals surface area contributed by atoms with Crippen LogP contribution in [0.15, 0.2) is 71.7 Å². The van der Waals surface area contributed by atoms with Gasteiger partial charge in [0.25, 0.3) is 0 Å². The second-order valence-corrected chi connectivity index (χ2v) is 9.57. The van der Waals surface area contributed by atoms with Crippen molar-refractivity contribution in [1.29, 1.82) is 0 Å². The van der Waals surface area contributed by atoms with Crippen molar-refractivity contribution in [3.63, 3.8) is 0 Å². The summed E-state index contributed by atoms with van der Waals surface area (Å²) < 4.78 is 0. The van der Waals surface area contributed by atoms with Crippen LogP contribution in [-0.2, 0) is 5.41 Å². The molecular formula is C27H27N. The smallest absolute Gasteiger partial charge is 0.0630 e. The number of hydrogen-bond donors (Lipinski definition) is 0. The van der Waals surface area contributed by atoms with Crippen molar-refractivity contribution < 1.29 is 0 Å². The topological polar surface area (TPSA) is 12.4 Å². The van der Waals surface area contributed by atoms with E-state index in [1.165, 1.54) is 54.9 Å². The minimum atomic E-state index is 0.479. The van der Waals surface area contributed by atoms with Crippen LogP contribution in [0.25, 0.3) is 10.8 Å². The van der Waals surface area contributed by atoms with Crippen LogP contribution < -0.4 is 0 Å². The van der Waals surface area contributed by atoms with E-state index in [1.807, 2.05) is 6.21 Å². The molecule has 4 saturated carbocycles. The third-order valence-corrected chi connectivity index (χ3v) is 7.69. The van der Waals surface area contributed by atoms with Gasteiger partial charge < -0.3 is 0 Å². The molecular weight excluding hydrogens is 338 g/mol. The Morgan fingerprint density at radius 3 is 2.07 bits per heavy atom. The van der Waals surface area contributed by atoms with Crippen LogP contribution in [0.1, 0.15) is 49.7 Å². The number of aliphatic imine (C=N–C) groups is 1. The highest BCUT2D eigenvalue weighted by atomic mass is 14.7. The Morgan fingerprint density at radius 2 is 1.36 bits per heavy atom. The molecule has 1 heteroatoms. The quantitative estimate of drug-likeness (QED) is 0.441. The normalized spacial score (nSPS) is 31.1. The van der Waals surface area contributed by atoms with Gasteiger partial charge in [0.1, 0.15) is 0 Å². The lowest BCUT2D eigenvalue weighted by atomic mass is 9.48. The molecule has 0 aromatic heterocycles.